The number of amides is 1. The van der Waals surface area contributed by atoms with Crippen LogP contribution in [0.2, 0.25) is 0 Å². The summed E-state index contributed by atoms with van der Waals surface area (Å²) in [5.41, 5.74) is 7.21. The maximum Gasteiger partial charge on any atom is 0.259 e. The Morgan fingerprint density at radius 2 is 2.08 bits per heavy atom. The maximum absolute atomic E-state index is 13.7. The molecule has 0 atom stereocenters. The average Bonchev–Trinajstić information content (AvgIpc) is 2.96. The predicted octanol–water partition coefficient (Wildman–Crippen LogP) is 4.22. The van der Waals surface area contributed by atoms with Gasteiger partial charge in [0.25, 0.3) is 5.91 Å². The number of para-hydroxylation sites is 1. The van der Waals surface area contributed by atoms with Crippen LogP contribution in [0.15, 0.2) is 47.8 Å². The summed E-state index contributed by atoms with van der Waals surface area (Å²) in [6.07, 6.45) is 0. The van der Waals surface area contributed by atoms with Gasteiger partial charge in [-0.25, -0.2) is 9.37 Å². The molecule has 0 fully saturated rings. The van der Waals surface area contributed by atoms with Gasteiger partial charge >= 0.3 is 0 Å². The van der Waals surface area contributed by atoms with E-state index in [0.29, 0.717) is 16.6 Å². The van der Waals surface area contributed by atoms with E-state index in [2.05, 4.69) is 10.3 Å². The van der Waals surface area contributed by atoms with Gasteiger partial charge in [0, 0.05) is 11.1 Å². The SMILES string of the molecule is Cc1csc(NC(=O)c2cc(Oc3ccccc3F)ccc2N)n1. The molecule has 0 spiro atoms. The summed E-state index contributed by atoms with van der Waals surface area (Å²) in [6.45, 7) is 1.84. The molecule has 3 aromatic rings. The number of carbonyl (C=O) groups is 1. The van der Waals surface area contributed by atoms with Crippen molar-refractivity contribution in [3.63, 3.8) is 0 Å². The molecule has 7 heteroatoms. The molecule has 2 aromatic carbocycles. The largest absolute Gasteiger partial charge is 0.454 e. The summed E-state index contributed by atoms with van der Waals surface area (Å²) in [7, 11) is 0. The quantitative estimate of drug-likeness (QED) is 0.696. The molecule has 5 nitrogen and oxygen atoms in total. The highest BCUT2D eigenvalue weighted by molar-refractivity contribution is 7.13. The Labute approximate surface area is 141 Å². The molecule has 0 bridgehead atoms. The number of carbonyl (C=O) groups excluding carboxylic acids is 1. The smallest absolute Gasteiger partial charge is 0.259 e. The van der Waals surface area contributed by atoms with Crippen LogP contribution in [-0.2, 0) is 0 Å². The molecule has 0 saturated carbocycles. The molecule has 1 heterocycles. The van der Waals surface area contributed by atoms with E-state index in [-0.39, 0.29) is 11.3 Å². The summed E-state index contributed by atoms with van der Waals surface area (Å²) in [6, 6.07) is 10.6. The fraction of sp³-hybridized carbons (Fsp3) is 0.0588. The normalized spacial score (nSPS) is 10.4. The van der Waals surface area contributed by atoms with Crippen molar-refractivity contribution >= 4 is 28.1 Å². The number of benzene rings is 2. The van der Waals surface area contributed by atoms with Gasteiger partial charge in [0.2, 0.25) is 0 Å². The van der Waals surface area contributed by atoms with Gasteiger partial charge in [-0.3, -0.25) is 10.1 Å². The second kappa shape index (κ2) is 6.67. The lowest BCUT2D eigenvalue weighted by Crippen LogP contribution is -2.14. The molecule has 0 aliphatic heterocycles. The van der Waals surface area contributed by atoms with Gasteiger partial charge in [-0.05, 0) is 37.3 Å². The number of ether oxygens (including phenoxy) is 1. The van der Waals surface area contributed by atoms with Gasteiger partial charge < -0.3 is 10.5 Å². The summed E-state index contributed by atoms with van der Waals surface area (Å²) >= 11 is 1.32. The Balaban J connectivity index is 1.83. The fourth-order valence-corrected chi connectivity index (χ4v) is 2.71. The maximum atomic E-state index is 13.7. The molecule has 0 saturated heterocycles. The van der Waals surface area contributed by atoms with Crippen molar-refractivity contribution in [2.45, 2.75) is 6.92 Å². The molecule has 0 unspecified atom stereocenters. The third kappa shape index (κ3) is 3.52. The van der Waals surface area contributed by atoms with Crippen LogP contribution in [0.1, 0.15) is 16.1 Å². The van der Waals surface area contributed by atoms with E-state index in [1.165, 1.54) is 35.6 Å². The van der Waals surface area contributed by atoms with Gasteiger partial charge in [0.1, 0.15) is 5.75 Å². The van der Waals surface area contributed by atoms with Gasteiger partial charge in [-0.15, -0.1) is 11.3 Å². The van der Waals surface area contributed by atoms with Crippen LogP contribution < -0.4 is 15.8 Å². The van der Waals surface area contributed by atoms with Crippen LogP contribution >= 0.6 is 11.3 Å². The van der Waals surface area contributed by atoms with Gasteiger partial charge in [0.05, 0.1) is 11.3 Å². The molecule has 3 rings (SSSR count). The topological polar surface area (TPSA) is 77.2 Å². The molecular formula is C17H14FN3O2S. The number of aromatic nitrogens is 1. The first-order chi connectivity index (χ1) is 11.5. The molecule has 1 aromatic heterocycles. The minimum atomic E-state index is -0.487. The van der Waals surface area contributed by atoms with E-state index in [4.69, 9.17) is 10.5 Å². The molecule has 122 valence electrons. The van der Waals surface area contributed by atoms with Gasteiger partial charge in [0.15, 0.2) is 16.7 Å². The number of hydrogen-bond donors (Lipinski definition) is 2. The van der Waals surface area contributed by atoms with E-state index in [1.807, 2.05) is 12.3 Å². The zero-order chi connectivity index (χ0) is 17.1. The highest BCUT2D eigenvalue weighted by Gasteiger charge is 2.14. The minimum absolute atomic E-state index is 0.0733. The molecule has 0 aliphatic rings. The average molecular weight is 343 g/mol. The first-order valence-corrected chi connectivity index (χ1v) is 7.96. The number of halogens is 1. The zero-order valence-corrected chi connectivity index (χ0v) is 13.6. The van der Waals surface area contributed by atoms with Crippen LogP contribution in [0.25, 0.3) is 0 Å². The van der Waals surface area contributed by atoms with E-state index >= 15 is 0 Å². The summed E-state index contributed by atoms with van der Waals surface area (Å²) in [4.78, 5) is 16.5. The highest BCUT2D eigenvalue weighted by atomic mass is 32.1. The van der Waals surface area contributed by atoms with Crippen molar-refractivity contribution in [2.24, 2.45) is 0 Å². The summed E-state index contributed by atoms with van der Waals surface area (Å²) in [5.74, 6) is -0.502. The number of rotatable bonds is 4. The number of aryl methyl sites for hydroxylation is 1. The van der Waals surface area contributed by atoms with Crippen molar-refractivity contribution in [1.29, 1.82) is 0 Å². The van der Waals surface area contributed by atoms with E-state index in [9.17, 15) is 9.18 Å². The number of nitrogen functional groups attached to an aromatic ring is 1. The second-order valence-corrected chi connectivity index (χ2v) is 5.89. The monoisotopic (exact) mass is 343 g/mol. The molecule has 0 radical (unpaired) electrons. The number of nitrogens with two attached hydrogens (primary N) is 1. The van der Waals surface area contributed by atoms with Crippen molar-refractivity contribution in [3.8, 4) is 11.5 Å². The number of nitrogens with zero attached hydrogens (tertiary/aromatic N) is 1. The molecule has 1 amide bonds. The Morgan fingerprint density at radius 3 is 2.79 bits per heavy atom. The highest BCUT2D eigenvalue weighted by Crippen LogP contribution is 2.27. The van der Waals surface area contributed by atoms with E-state index in [1.54, 1.807) is 18.2 Å². The van der Waals surface area contributed by atoms with Crippen LogP contribution in [0.3, 0.4) is 0 Å². The van der Waals surface area contributed by atoms with E-state index in [0.717, 1.165) is 5.69 Å². The Morgan fingerprint density at radius 1 is 1.29 bits per heavy atom. The minimum Gasteiger partial charge on any atom is -0.454 e. The number of hydrogen-bond acceptors (Lipinski definition) is 5. The third-order valence-electron chi connectivity index (χ3n) is 3.17. The molecule has 24 heavy (non-hydrogen) atoms. The molecular weight excluding hydrogens is 329 g/mol. The Hall–Kier alpha value is -2.93. The van der Waals surface area contributed by atoms with Crippen molar-refractivity contribution < 1.29 is 13.9 Å². The predicted molar refractivity (Wildman–Crippen MR) is 92.1 cm³/mol. The number of anilines is 2. The van der Waals surface area contributed by atoms with Crippen molar-refractivity contribution in [1.82, 2.24) is 4.98 Å². The third-order valence-corrected chi connectivity index (χ3v) is 4.05. The van der Waals surface area contributed by atoms with Crippen molar-refractivity contribution in [2.75, 3.05) is 11.1 Å². The van der Waals surface area contributed by atoms with Crippen LogP contribution in [-0.4, -0.2) is 10.9 Å². The van der Waals surface area contributed by atoms with Gasteiger partial charge in [-0.2, -0.15) is 0 Å². The van der Waals surface area contributed by atoms with Crippen molar-refractivity contribution in [3.05, 3.63) is 64.9 Å². The zero-order valence-electron chi connectivity index (χ0n) is 12.7. The summed E-state index contributed by atoms with van der Waals surface area (Å²) in [5, 5.41) is 4.99. The fourth-order valence-electron chi connectivity index (χ4n) is 2.03. The Bertz CT molecular complexity index is 895. The lowest BCUT2D eigenvalue weighted by molar-refractivity contribution is 0.102. The number of nitrogens with one attached hydrogen (secondary N) is 1. The second-order valence-electron chi connectivity index (χ2n) is 5.03. The van der Waals surface area contributed by atoms with Crippen LogP contribution in [0, 0.1) is 12.7 Å². The number of thiazole rings is 1. The lowest BCUT2D eigenvalue weighted by atomic mass is 10.1. The first-order valence-electron chi connectivity index (χ1n) is 7.08. The van der Waals surface area contributed by atoms with Crippen LogP contribution in [0.5, 0.6) is 11.5 Å². The first kappa shape index (κ1) is 15.9. The molecule has 0 aliphatic carbocycles. The molecule has 3 N–H and O–H groups in total. The lowest BCUT2D eigenvalue weighted by Gasteiger charge is -2.10. The van der Waals surface area contributed by atoms with Gasteiger partial charge in [-0.1, -0.05) is 12.1 Å². The standard InChI is InChI=1S/C17H14FN3O2S/c1-10-9-24-17(20-10)21-16(22)12-8-11(6-7-14(12)19)23-15-5-3-2-4-13(15)18/h2-9H,19H2,1H3,(H,20,21,22). The summed E-state index contributed by atoms with van der Waals surface area (Å²) < 4.78 is 19.2. The van der Waals surface area contributed by atoms with Crippen LogP contribution in [0.4, 0.5) is 15.2 Å². The Kier molecular flexibility index (Phi) is 4.43. The van der Waals surface area contributed by atoms with E-state index < -0.39 is 11.7 Å².